The lowest BCUT2D eigenvalue weighted by molar-refractivity contribution is -0.139. The molecule has 0 spiro atoms. The average molecular weight is 254 g/mol. The van der Waals surface area contributed by atoms with Crippen LogP contribution in [0.5, 0.6) is 0 Å². The van der Waals surface area contributed by atoms with E-state index in [-0.39, 0.29) is 12.0 Å². The molecule has 2 rings (SSSR count). The van der Waals surface area contributed by atoms with Crippen molar-refractivity contribution in [3.8, 4) is 0 Å². The summed E-state index contributed by atoms with van der Waals surface area (Å²) in [6, 6.07) is 0. The summed E-state index contributed by atoms with van der Waals surface area (Å²) in [4.78, 5) is 14.6. The molecule has 4 heteroatoms. The molecule has 2 N–H and O–H groups in total. The molecule has 2 aliphatic rings. The number of likely N-dealkylation sites (tertiary alicyclic amines) is 1. The van der Waals surface area contributed by atoms with Crippen LogP contribution < -0.4 is 5.73 Å². The molecule has 2 aliphatic heterocycles. The maximum absolute atomic E-state index is 12.5. The van der Waals surface area contributed by atoms with Crippen molar-refractivity contribution in [2.24, 2.45) is 17.6 Å². The molecular formula is C14H26N2O2. The molecule has 0 aromatic rings. The number of ether oxygens (including phenoxy) is 1. The van der Waals surface area contributed by atoms with Gasteiger partial charge < -0.3 is 15.4 Å². The molecule has 0 bridgehead atoms. The van der Waals surface area contributed by atoms with Gasteiger partial charge in [0.25, 0.3) is 0 Å². The van der Waals surface area contributed by atoms with Gasteiger partial charge in [-0.3, -0.25) is 4.79 Å². The van der Waals surface area contributed by atoms with Crippen LogP contribution in [0.25, 0.3) is 0 Å². The molecule has 0 radical (unpaired) electrons. The first-order chi connectivity index (χ1) is 8.76. The molecule has 104 valence electrons. The first-order valence-electron chi connectivity index (χ1n) is 7.36. The molecule has 0 saturated carbocycles. The Morgan fingerprint density at radius 1 is 1.44 bits per heavy atom. The fourth-order valence-corrected chi connectivity index (χ4v) is 3.30. The molecule has 0 aromatic carbocycles. The van der Waals surface area contributed by atoms with Crippen LogP contribution in [-0.4, -0.2) is 43.2 Å². The summed E-state index contributed by atoms with van der Waals surface area (Å²) in [6.07, 6.45) is 5.38. The van der Waals surface area contributed by atoms with Crippen LogP contribution in [0.2, 0.25) is 0 Å². The minimum atomic E-state index is 0.103. The zero-order chi connectivity index (χ0) is 13.0. The van der Waals surface area contributed by atoms with Gasteiger partial charge in [0.1, 0.15) is 0 Å². The van der Waals surface area contributed by atoms with Gasteiger partial charge in [-0.25, -0.2) is 0 Å². The Morgan fingerprint density at radius 3 is 3.00 bits per heavy atom. The quantitative estimate of drug-likeness (QED) is 0.825. The van der Waals surface area contributed by atoms with E-state index < -0.39 is 0 Å². The maximum atomic E-state index is 12.5. The summed E-state index contributed by atoms with van der Waals surface area (Å²) < 4.78 is 5.63. The van der Waals surface area contributed by atoms with E-state index in [2.05, 4.69) is 11.8 Å². The van der Waals surface area contributed by atoms with Crippen molar-refractivity contribution in [3.63, 3.8) is 0 Å². The summed E-state index contributed by atoms with van der Waals surface area (Å²) in [5.41, 5.74) is 5.62. The van der Waals surface area contributed by atoms with Crippen molar-refractivity contribution >= 4 is 5.91 Å². The van der Waals surface area contributed by atoms with Gasteiger partial charge >= 0.3 is 0 Å². The number of nitrogens with zero attached hydrogens (tertiary/aromatic N) is 1. The fourth-order valence-electron chi connectivity index (χ4n) is 3.30. The van der Waals surface area contributed by atoms with Gasteiger partial charge in [-0.1, -0.05) is 6.92 Å². The maximum Gasteiger partial charge on any atom is 0.228 e. The summed E-state index contributed by atoms with van der Waals surface area (Å²) in [6.45, 7) is 5.41. The first kappa shape index (κ1) is 13.8. The Kier molecular flexibility index (Phi) is 5.01. The molecule has 2 fully saturated rings. The Balaban J connectivity index is 1.91. The lowest BCUT2D eigenvalue weighted by atomic mass is 9.92. The van der Waals surface area contributed by atoms with Gasteiger partial charge in [0.15, 0.2) is 0 Å². The number of amides is 1. The summed E-state index contributed by atoms with van der Waals surface area (Å²) in [7, 11) is 0. The molecule has 3 unspecified atom stereocenters. The SMILES string of the molecule is CCC1OCCC1C(=O)N1CCCC(CCN)C1. The molecule has 2 saturated heterocycles. The predicted molar refractivity (Wildman–Crippen MR) is 71.1 cm³/mol. The largest absolute Gasteiger partial charge is 0.377 e. The summed E-state index contributed by atoms with van der Waals surface area (Å²) in [5.74, 6) is 1.03. The topological polar surface area (TPSA) is 55.6 Å². The fraction of sp³-hybridized carbons (Fsp3) is 0.929. The van der Waals surface area contributed by atoms with E-state index in [9.17, 15) is 4.79 Å². The van der Waals surface area contributed by atoms with Crippen LogP contribution in [-0.2, 0) is 9.53 Å². The van der Waals surface area contributed by atoms with Crippen molar-refractivity contribution in [1.82, 2.24) is 4.90 Å². The minimum Gasteiger partial charge on any atom is -0.377 e. The Hall–Kier alpha value is -0.610. The zero-order valence-electron chi connectivity index (χ0n) is 11.4. The lowest BCUT2D eigenvalue weighted by Crippen LogP contribution is -2.45. The third-order valence-corrected chi connectivity index (χ3v) is 4.33. The van der Waals surface area contributed by atoms with E-state index >= 15 is 0 Å². The van der Waals surface area contributed by atoms with Crippen molar-refractivity contribution < 1.29 is 9.53 Å². The van der Waals surface area contributed by atoms with E-state index in [1.165, 1.54) is 6.42 Å². The number of hydrogen-bond donors (Lipinski definition) is 1. The van der Waals surface area contributed by atoms with E-state index in [0.717, 1.165) is 51.9 Å². The van der Waals surface area contributed by atoms with Crippen molar-refractivity contribution in [2.45, 2.75) is 45.1 Å². The van der Waals surface area contributed by atoms with E-state index in [0.29, 0.717) is 11.8 Å². The van der Waals surface area contributed by atoms with E-state index in [1.54, 1.807) is 0 Å². The standard InChI is InChI=1S/C14H26N2O2/c1-2-13-12(6-9-18-13)14(17)16-8-3-4-11(10-16)5-7-15/h11-13H,2-10,15H2,1H3. The highest BCUT2D eigenvalue weighted by molar-refractivity contribution is 5.79. The molecule has 1 amide bonds. The van der Waals surface area contributed by atoms with Crippen LogP contribution in [0.1, 0.15) is 39.0 Å². The first-order valence-corrected chi connectivity index (χ1v) is 7.36. The Bertz CT molecular complexity index is 281. The highest BCUT2D eigenvalue weighted by Crippen LogP contribution is 2.28. The van der Waals surface area contributed by atoms with Crippen LogP contribution >= 0.6 is 0 Å². The average Bonchev–Trinajstić information content (AvgIpc) is 2.87. The minimum absolute atomic E-state index is 0.103. The summed E-state index contributed by atoms with van der Waals surface area (Å²) >= 11 is 0. The highest BCUT2D eigenvalue weighted by atomic mass is 16.5. The number of piperidine rings is 1. The second-order valence-corrected chi connectivity index (χ2v) is 5.58. The molecule has 0 aliphatic carbocycles. The Morgan fingerprint density at radius 2 is 2.28 bits per heavy atom. The van der Waals surface area contributed by atoms with E-state index in [4.69, 9.17) is 10.5 Å². The molecule has 0 aromatic heterocycles. The molecule has 2 heterocycles. The van der Waals surface area contributed by atoms with Gasteiger partial charge in [-0.15, -0.1) is 0 Å². The third kappa shape index (κ3) is 3.04. The van der Waals surface area contributed by atoms with Crippen molar-refractivity contribution in [2.75, 3.05) is 26.2 Å². The predicted octanol–water partition coefficient (Wildman–Crippen LogP) is 1.39. The number of carbonyl (C=O) groups excluding carboxylic acids is 1. The second kappa shape index (κ2) is 6.53. The Labute approximate surface area is 110 Å². The normalized spacial score (nSPS) is 32.8. The number of carbonyl (C=O) groups is 1. The molecule has 4 nitrogen and oxygen atoms in total. The van der Waals surface area contributed by atoms with Gasteiger partial charge in [-0.05, 0) is 44.6 Å². The smallest absolute Gasteiger partial charge is 0.228 e. The second-order valence-electron chi connectivity index (χ2n) is 5.58. The van der Waals surface area contributed by atoms with Gasteiger partial charge in [-0.2, -0.15) is 0 Å². The van der Waals surface area contributed by atoms with E-state index in [1.807, 2.05) is 0 Å². The van der Waals surface area contributed by atoms with Crippen LogP contribution in [0.3, 0.4) is 0 Å². The van der Waals surface area contributed by atoms with Crippen LogP contribution in [0.15, 0.2) is 0 Å². The van der Waals surface area contributed by atoms with Gasteiger partial charge in [0.05, 0.1) is 12.0 Å². The van der Waals surface area contributed by atoms with Crippen LogP contribution in [0.4, 0.5) is 0 Å². The molecular weight excluding hydrogens is 228 g/mol. The van der Waals surface area contributed by atoms with Crippen molar-refractivity contribution in [1.29, 1.82) is 0 Å². The lowest BCUT2D eigenvalue weighted by Gasteiger charge is -2.35. The summed E-state index contributed by atoms with van der Waals surface area (Å²) in [5, 5.41) is 0. The number of hydrogen-bond acceptors (Lipinski definition) is 3. The highest BCUT2D eigenvalue weighted by Gasteiger charge is 2.36. The number of rotatable bonds is 4. The molecule has 3 atom stereocenters. The third-order valence-electron chi connectivity index (χ3n) is 4.33. The van der Waals surface area contributed by atoms with Gasteiger partial charge in [0.2, 0.25) is 5.91 Å². The number of nitrogens with two attached hydrogens (primary N) is 1. The molecule has 18 heavy (non-hydrogen) atoms. The van der Waals surface area contributed by atoms with Crippen LogP contribution in [0, 0.1) is 11.8 Å². The zero-order valence-corrected chi connectivity index (χ0v) is 11.4. The van der Waals surface area contributed by atoms with Gasteiger partial charge in [0, 0.05) is 19.7 Å². The van der Waals surface area contributed by atoms with Crippen molar-refractivity contribution in [3.05, 3.63) is 0 Å². The monoisotopic (exact) mass is 254 g/mol.